The summed E-state index contributed by atoms with van der Waals surface area (Å²) in [4.78, 5) is 17.3. The predicted molar refractivity (Wildman–Crippen MR) is 121 cm³/mol. The first kappa shape index (κ1) is 23.0. The van der Waals surface area contributed by atoms with E-state index in [1.165, 1.54) is 0 Å². The fourth-order valence-electron chi connectivity index (χ4n) is 3.52. The number of carbonyl (C=O) groups excluding carboxylic acids is 1. The number of nitrogens with one attached hydrogen (secondary N) is 1. The lowest BCUT2D eigenvalue weighted by molar-refractivity contribution is -0.121. The Morgan fingerprint density at radius 3 is 2.16 bits per heavy atom. The number of hydrogen-bond acceptors (Lipinski definition) is 6. The zero-order valence-corrected chi connectivity index (χ0v) is 19.0. The van der Waals surface area contributed by atoms with Crippen molar-refractivity contribution >= 4 is 5.91 Å². The second-order valence-electron chi connectivity index (χ2n) is 7.20. The fraction of sp³-hybridized carbons (Fsp3) is 0.333. The molecule has 0 radical (unpaired) electrons. The maximum atomic E-state index is 12.9. The van der Waals surface area contributed by atoms with Gasteiger partial charge in [0.05, 0.1) is 28.4 Å². The lowest BCUT2D eigenvalue weighted by Gasteiger charge is -2.20. The molecule has 0 aliphatic rings. The maximum Gasteiger partial charge on any atom is 0.221 e. The maximum absolute atomic E-state index is 12.9. The molecule has 0 bridgehead atoms. The second-order valence-corrected chi connectivity index (χ2v) is 7.20. The van der Waals surface area contributed by atoms with Gasteiger partial charge in [0.2, 0.25) is 11.7 Å². The number of aryl methyl sites for hydroxylation is 2. The molecule has 32 heavy (non-hydrogen) atoms. The van der Waals surface area contributed by atoms with Crippen LogP contribution in [0.1, 0.15) is 29.4 Å². The van der Waals surface area contributed by atoms with E-state index < -0.39 is 0 Å². The van der Waals surface area contributed by atoms with Crippen LogP contribution >= 0.6 is 0 Å². The Hall–Kier alpha value is -3.68. The number of ether oxygens (including phenoxy) is 4. The summed E-state index contributed by atoms with van der Waals surface area (Å²) in [5.41, 5.74) is 1.83. The molecule has 170 valence electrons. The van der Waals surface area contributed by atoms with Gasteiger partial charge in [-0.25, -0.2) is 4.98 Å². The first-order valence-electron chi connectivity index (χ1n) is 10.2. The Morgan fingerprint density at radius 1 is 1.00 bits per heavy atom. The Balaban J connectivity index is 1.76. The first-order valence-corrected chi connectivity index (χ1v) is 10.2. The molecule has 0 saturated heterocycles. The number of methoxy groups -OCH3 is 4. The number of aromatic nitrogens is 2. The van der Waals surface area contributed by atoms with E-state index in [0.29, 0.717) is 23.7 Å². The molecule has 0 saturated carbocycles. The fourth-order valence-corrected chi connectivity index (χ4v) is 3.52. The van der Waals surface area contributed by atoms with Gasteiger partial charge >= 0.3 is 0 Å². The Labute approximate surface area is 188 Å². The molecule has 1 N–H and O–H groups in total. The molecule has 0 fully saturated rings. The lowest BCUT2D eigenvalue weighted by Crippen LogP contribution is -2.31. The average molecular weight is 440 g/mol. The quantitative estimate of drug-likeness (QED) is 0.522. The van der Waals surface area contributed by atoms with Gasteiger partial charge in [0, 0.05) is 25.9 Å². The molecule has 8 heteroatoms. The number of imidazole rings is 1. The van der Waals surface area contributed by atoms with Crippen molar-refractivity contribution in [3.05, 3.63) is 65.7 Å². The number of benzene rings is 2. The summed E-state index contributed by atoms with van der Waals surface area (Å²) in [6.07, 6.45) is 4.37. The van der Waals surface area contributed by atoms with E-state index >= 15 is 0 Å². The Kier molecular flexibility index (Phi) is 7.59. The highest BCUT2D eigenvalue weighted by Crippen LogP contribution is 2.38. The number of nitrogens with zero attached hydrogens (tertiary/aromatic N) is 2. The Morgan fingerprint density at radius 2 is 1.66 bits per heavy atom. The van der Waals surface area contributed by atoms with Gasteiger partial charge in [-0.1, -0.05) is 12.1 Å². The highest BCUT2D eigenvalue weighted by atomic mass is 16.5. The van der Waals surface area contributed by atoms with Gasteiger partial charge in [-0.3, -0.25) is 4.79 Å². The van der Waals surface area contributed by atoms with Crippen molar-refractivity contribution in [2.75, 3.05) is 28.4 Å². The number of carbonyl (C=O) groups is 1. The van der Waals surface area contributed by atoms with Gasteiger partial charge in [0.1, 0.15) is 17.6 Å². The molecule has 3 rings (SSSR count). The van der Waals surface area contributed by atoms with Gasteiger partial charge in [-0.2, -0.15) is 0 Å². The van der Waals surface area contributed by atoms with E-state index in [2.05, 4.69) is 10.3 Å². The molecule has 1 amide bonds. The van der Waals surface area contributed by atoms with Crippen molar-refractivity contribution in [2.24, 2.45) is 7.05 Å². The molecule has 1 aromatic heterocycles. The highest BCUT2D eigenvalue weighted by molar-refractivity contribution is 5.77. The molecule has 3 aromatic rings. The minimum Gasteiger partial charge on any atom is -0.497 e. The van der Waals surface area contributed by atoms with E-state index in [0.717, 1.165) is 22.7 Å². The molecular formula is C24H29N3O5. The van der Waals surface area contributed by atoms with Crippen LogP contribution in [0.3, 0.4) is 0 Å². The summed E-state index contributed by atoms with van der Waals surface area (Å²) in [6.45, 7) is 0. The van der Waals surface area contributed by atoms with Gasteiger partial charge in [-0.05, 0) is 41.8 Å². The molecule has 0 unspecified atom stereocenters. The van der Waals surface area contributed by atoms with Crippen LogP contribution in [0.25, 0.3) is 0 Å². The van der Waals surface area contributed by atoms with Crippen LogP contribution < -0.4 is 24.3 Å². The molecule has 2 aromatic carbocycles. The average Bonchev–Trinajstić information content (AvgIpc) is 3.25. The van der Waals surface area contributed by atoms with E-state index in [-0.39, 0.29) is 18.4 Å². The predicted octanol–water partition coefficient (Wildman–Crippen LogP) is 3.29. The number of rotatable bonds is 10. The van der Waals surface area contributed by atoms with Crippen LogP contribution in [0, 0.1) is 0 Å². The van der Waals surface area contributed by atoms with E-state index in [4.69, 9.17) is 18.9 Å². The van der Waals surface area contributed by atoms with Crippen molar-refractivity contribution < 1.29 is 23.7 Å². The second kappa shape index (κ2) is 10.6. The third-order valence-electron chi connectivity index (χ3n) is 5.24. The lowest BCUT2D eigenvalue weighted by atomic mass is 10.0. The van der Waals surface area contributed by atoms with Crippen molar-refractivity contribution in [1.29, 1.82) is 0 Å². The summed E-state index contributed by atoms with van der Waals surface area (Å²) >= 11 is 0. The van der Waals surface area contributed by atoms with Crippen molar-refractivity contribution in [2.45, 2.75) is 18.9 Å². The third kappa shape index (κ3) is 5.14. The molecule has 0 spiro atoms. The van der Waals surface area contributed by atoms with E-state index in [9.17, 15) is 4.79 Å². The Bertz CT molecular complexity index is 1020. The zero-order valence-electron chi connectivity index (χ0n) is 19.0. The molecule has 0 aliphatic carbocycles. The van der Waals surface area contributed by atoms with Gasteiger partial charge in [-0.15, -0.1) is 0 Å². The molecular weight excluding hydrogens is 410 g/mol. The van der Waals surface area contributed by atoms with Crippen LogP contribution in [0.15, 0.2) is 48.8 Å². The van der Waals surface area contributed by atoms with Gasteiger partial charge in [0.25, 0.3) is 0 Å². The van der Waals surface area contributed by atoms with Crippen LogP contribution in [0.5, 0.6) is 23.0 Å². The van der Waals surface area contributed by atoms with Crippen LogP contribution in [-0.4, -0.2) is 43.9 Å². The first-order chi connectivity index (χ1) is 15.5. The molecule has 8 nitrogen and oxygen atoms in total. The number of amides is 1. The van der Waals surface area contributed by atoms with Crippen molar-refractivity contribution in [3.8, 4) is 23.0 Å². The van der Waals surface area contributed by atoms with Gasteiger partial charge < -0.3 is 28.8 Å². The summed E-state index contributed by atoms with van der Waals surface area (Å²) in [7, 11) is 8.22. The minimum absolute atomic E-state index is 0.0948. The smallest absolute Gasteiger partial charge is 0.221 e. The topological polar surface area (TPSA) is 83.8 Å². The monoisotopic (exact) mass is 439 g/mol. The molecule has 0 aliphatic heterocycles. The largest absolute Gasteiger partial charge is 0.497 e. The minimum atomic E-state index is -0.381. The van der Waals surface area contributed by atoms with E-state index in [1.54, 1.807) is 34.6 Å². The van der Waals surface area contributed by atoms with Crippen LogP contribution in [-0.2, 0) is 18.3 Å². The van der Waals surface area contributed by atoms with Crippen LogP contribution in [0.2, 0.25) is 0 Å². The molecule has 1 heterocycles. The highest BCUT2D eigenvalue weighted by Gasteiger charge is 2.21. The third-order valence-corrected chi connectivity index (χ3v) is 5.24. The van der Waals surface area contributed by atoms with Crippen LogP contribution in [0.4, 0.5) is 0 Å². The van der Waals surface area contributed by atoms with Crippen molar-refractivity contribution in [1.82, 2.24) is 14.9 Å². The zero-order chi connectivity index (χ0) is 23.1. The normalized spacial score (nSPS) is 11.5. The summed E-state index contributed by atoms with van der Waals surface area (Å²) in [6, 6.07) is 10.9. The van der Waals surface area contributed by atoms with E-state index in [1.807, 2.05) is 54.2 Å². The SMILES string of the molecule is COc1ccc([C@H](NC(=O)CCc2cc(OC)c(OC)c(OC)c2)c2nccn2C)cc1. The summed E-state index contributed by atoms with van der Waals surface area (Å²) in [5, 5.41) is 3.11. The summed E-state index contributed by atoms with van der Waals surface area (Å²) in [5.74, 6) is 3.05. The van der Waals surface area contributed by atoms with Gasteiger partial charge in [0.15, 0.2) is 11.5 Å². The standard InChI is InChI=1S/C24H29N3O5/c1-27-13-12-25-24(27)22(17-7-9-18(29-2)10-8-17)26-21(28)11-6-16-14-19(30-3)23(32-5)20(15-16)31-4/h7-10,12-15,22H,6,11H2,1-5H3,(H,26,28)/t22-/m0/s1. The summed E-state index contributed by atoms with van der Waals surface area (Å²) < 4.78 is 23.3. The molecule has 1 atom stereocenters. The number of hydrogen-bond donors (Lipinski definition) is 1. The van der Waals surface area contributed by atoms with Crippen molar-refractivity contribution in [3.63, 3.8) is 0 Å².